The van der Waals surface area contributed by atoms with E-state index in [4.69, 9.17) is 18.9 Å². The summed E-state index contributed by atoms with van der Waals surface area (Å²) in [7, 11) is 0. The van der Waals surface area contributed by atoms with Crippen LogP contribution in [-0.4, -0.2) is 52.8 Å². The first-order chi connectivity index (χ1) is 18.6. The van der Waals surface area contributed by atoms with Crippen molar-refractivity contribution in [2.24, 2.45) is 0 Å². The Morgan fingerprint density at radius 3 is 2.42 bits per heavy atom. The summed E-state index contributed by atoms with van der Waals surface area (Å²) in [6, 6.07) is 18.4. The number of nitrogens with one attached hydrogen (secondary N) is 1. The molecule has 2 atom stereocenters. The number of piperazine rings is 1. The summed E-state index contributed by atoms with van der Waals surface area (Å²) >= 11 is 0. The van der Waals surface area contributed by atoms with Crippen LogP contribution >= 0.6 is 0 Å². The van der Waals surface area contributed by atoms with E-state index >= 15 is 0 Å². The van der Waals surface area contributed by atoms with Crippen molar-refractivity contribution in [3.8, 4) is 23.0 Å². The SMILES string of the molecule is O=C1[C@H]2Cc3c([nH]c4ccccc34)[C@@H](c3ccc4c(c3)OCO4)N2C(=O)CN1Cc1ccc2c(c1)OCO2. The summed E-state index contributed by atoms with van der Waals surface area (Å²) in [5.74, 6) is 2.50. The van der Waals surface area contributed by atoms with Gasteiger partial charge in [0, 0.05) is 29.6 Å². The number of hydrogen-bond donors (Lipinski definition) is 1. The Labute approximate surface area is 217 Å². The van der Waals surface area contributed by atoms with E-state index in [9.17, 15) is 9.59 Å². The van der Waals surface area contributed by atoms with Crippen molar-refractivity contribution < 1.29 is 28.5 Å². The first-order valence-corrected chi connectivity index (χ1v) is 12.6. The summed E-state index contributed by atoms with van der Waals surface area (Å²) in [5.41, 5.74) is 4.75. The smallest absolute Gasteiger partial charge is 0.246 e. The average molecular weight is 510 g/mol. The molecule has 1 fully saturated rings. The Hall–Kier alpha value is -4.66. The van der Waals surface area contributed by atoms with E-state index in [0.717, 1.165) is 33.3 Å². The predicted octanol–water partition coefficient (Wildman–Crippen LogP) is 3.51. The number of fused-ring (bicyclic) bond motifs is 6. The third kappa shape index (κ3) is 3.11. The Bertz CT molecular complexity index is 1640. The number of H-pyrrole nitrogens is 1. The number of para-hydroxylation sites is 1. The standard InChI is InChI=1S/C29H23N3O6/c33-26-13-31(12-16-5-7-22-24(9-16)37-14-35-22)29(34)21-11-19-18-3-1-2-4-20(18)30-27(19)28(32(21)26)17-6-8-23-25(10-17)38-15-36-23/h1-10,21,28,30H,11-15H2/t21-,28-/m1/s1. The number of ether oxygens (including phenoxy) is 4. The number of hydrogen-bond acceptors (Lipinski definition) is 6. The molecule has 9 nitrogen and oxygen atoms in total. The first kappa shape index (κ1) is 21.4. The number of benzene rings is 3. The third-order valence-corrected chi connectivity index (χ3v) is 7.87. The highest BCUT2D eigenvalue weighted by atomic mass is 16.7. The highest BCUT2D eigenvalue weighted by molar-refractivity contribution is 5.97. The van der Waals surface area contributed by atoms with Gasteiger partial charge < -0.3 is 33.7 Å². The van der Waals surface area contributed by atoms with E-state index in [1.165, 1.54) is 0 Å². The summed E-state index contributed by atoms with van der Waals surface area (Å²) in [4.78, 5) is 34.8. The van der Waals surface area contributed by atoms with Crippen molar-refractivity contribution in [2.45, 2.75) is 25.0 Å². The van der Waals surface area contributed by atoms with Gasteiger partial charge in [-0.1, -0.05) is 30.3 Å². The lowest BCUT2D eigenvalue weighted by Gasteiger charge is -2.47. The minimum atomic E-state index is -0.618. The van der Waals surface area contributed by atoms with E-state index in [-0.39, 0.29) is 31.9 Å². The molecule has 38 heavy (non-hydrogen) atoms. The maximum absolute atomic E-state index is 14.0. The molecule has 0 radical (unpaired) electrons. The van der Waals surface area contributed by atoms with Crippen LogP contribution in [0.3, 0.4) is 0 Å². The molecule has 4 aromatic rings. The number of rotatable bonds is 3. The molecule has 9 heteroatoms. The molecule has 0 saturated carbocycles. The second-order valence-corrected chi connectivity index (χ2v) is 9.98. The van der Waals surface area contributed by atoms with Gasteiger partial charge in [0.15, 0.2) is 23.0 Å². The van der Waals surface area contributed by atoms with Gasteiger partial charge in [-0.2, -0.15) is 0 Å². The van der Waals surface area contributed by atoms with E-state index < -0.39 is 12.1 Å². The summed E-state index contributed by atoms with van der Waals surface area (Å²) in [5, 5.41) is 1.07. The number of carbonyl (C=O) groups excluding carboxylic acids is 2. The lowest BCUT2D eigenvalue weighted by Crippen LogP contribution is -2.62. The van der Waals surface area contributed by atoms with Crippen molar-refractivity contribution in [3.05, 3.63) is 83.0 Å². The van der Waals surface area contributed by atoms with Gasteiger partial charge in [0.05, 0.1) is 6.04 Å². The Balaban J connectivity index is 1.21. The minimum Gasteiger partial charge on any atom is -0.454 e. The van der Waals surface area contributed by atoms with Crippen molar-refractivity contribution in [1.82, 2.24) is 14.8 Å². The zero-order valence-electron chi connectivity index (χ0n) is 20.3. The van der Waals surface area contributed by atoms with Crippen molar-refractivity contribution in [3.63, 3.8) is 0 Å². The normalized spacial score (nSPS) is 21.2. The fourth-order valence-corrected chi connectivity index (χ4v) is 6.15. The van der Waals surface area contributed by atoms with Crippen LogP contribution < -0.4 is 18.9 Å². The van der Waals surface area contributed by atoms with Crippen LogP contribution in [0.15, 0.2) is 60.7 Å². The first-order valence-electron chi connectivity index (χ1n) is 12.6. The van der Waals surface area contributed by atoms with Crippen molar-refractivity contribution in [2.75, 3.05) is 20.1 Å². The molecule has 1 N–H and O–H groups in total. The fraction of sp³-hybridized carbons (Fsp3) is 0.241. The average Bonchev–Trinajstić information content (AvgIpc) is 3.68. The molecule has 3 aromatic carbocycles. The summed E-state index contributed by atoms with van der Waals surface area (Å²) in [6.07, 6.45) is 0.447. The second kappa shape index (κ2) is 7.92. The molecule has 1 aromatic heterocycles. The molecule has 190 valence electrons. The van der Waals surface area contributed by atoms with Gasteiger partial charge in [0.1, 0.15) is 12.6 Å². The van der Waals surface area contributed by atoms with Gasteiger partial charge in [-0.25, -0.2) is 0 Å². The number of carbonyl (C=O) groups is 2. The number of nitrogens with zero attached hydrogens (tertiary/aromatic N) is 2. The lowest BCUT2D eigenvalue weighted by molar-refractivity contribution is -0.159. The zero-order chi connectivity index (χ0) is 25.4. The van der Waals surface area contributed by atoms with Gasteiger partial charge in [0.2, 0.25) is 25.4 Å². The van der Waals surface area contributed by atoms with E-state index in [0.29, 0.717) is 36.0 Å². The van der Waals surface area contributed by atoms with Crippen LogP contribution in [0.5, 0.6) is 23.0 Å². The van der Waals surface area contributed by atoms with Crippen LogP contribution in [0.1, 0.15) is 28.4 Å². The molecule has 8 rings (SSSR count). The largest absolute Gasteiger partial charge is 0.454 e. The van der Waals surface area contributed by atoms with Crippen LogP contribution in [0.25, 0.3) is 10.9 Å². The Morgan fingerprint density at radius 1 is 0.842 bits per heavy atom. The van der Waals surface area contributed by atoms with Gasteiger partial charge in [0.25, 0.3) is 0 Å². The maximum Gasteiger partial charge on any atom is 0.246 e. The number of amides is 2. The summed E-state index contributed by atoms with van der Waals surface area (Å²) in [6.45, 7) is 0.673. The van der Waals surface area contributed by atoms with Gasteiger partial charge in [-0.3, -0.25) is 9.59 Å². The highest BCUT2D eigenvalue weighted by Crippen LogP contribution is 2.45. The highest BCUT2D eigenvalue weighted by Gasteiger charge is 2.48. The molecular weight excluding hydrogens is 486 g/mol. The fourth-order valence-electron chi connectivity index (χ4n) is 6.15. The molecule has 0 aliphatic carbocycles. The summed E-state index contributed by atoms with van der Waals surface area (Å²) < 4.78 is 22.1. The van der Waals surface area contributed by atoms with Crippen molar-refractivity contribution in [1.29, 1.82) is 0 Å². The monoisotopic (exact) mass is 509 g/mol. The van der Waals surface area contributed by atoms with E-state index in [1.54, 1.807) is 9.80 Å². The quantitative estimate of drug-likeness (QED) is 0.455. The molecule has 4 aliphatic rings. The minimum absolute atomic E-state index is 0.000386. The zero-order valence-corrected chi connectivity index (χ0v) is 20.3. The number of aromatic nitrogens is 1. The predicted molar refractivity (Wildman–Crippen MR) is 135 cm³/mol. The van der Waals surface area contributed by atoms with Crippen LogP contribution in [0.2, 0.25) is 0 Å². The van der Waals surface area contributed by atoms with Gasteiger partial charge >= 0.3 is 0 Å². The molecule has 0 bridgehead atoms. The topological polar surface area (TPSA) is 93.3 Å². The Morgan fingerprint density at radius 2 is 1.58 bits per heavy atom. The molecule has 4 aliphatic heterocycles. The Kier molecular flexibility index (Phi) is 4.46. The van der Waals surface area contributed by atoms with Crippen LogP contribution in [-0.2, 0) is 22.6 Å². The maximum atomic E-state index is 14.0. The van der Waals surface area contributed by atoms with E-state index in [2.05, 4.69) is 11.1 Å². The third-order valence-electron chi connectivity index (χ3n) is 7.87. The molecule has 2 amide bonds. The van der Waals surface area contributed by atoms with Crippen LogP contribution in [0.4, 0.5) is 0 Å². The van der Waals surface area contributed by atoms with Crippen LogP contribution in [0, 0.1) is 0 Å². The van der Waals surface area contributed by atoms with E-state index in [1.807, 2.05) is 54.6 Å². The molecular formula is C29H23N3O6. The number of aromatic amines is 1. The molecule has 0 spiro atoms. The lowest BCUT2D eigenvalue weighted by atomic mass is 9.86. The molecule has 0 unspecified atom stereocenters. The molecule has 1 saturated heterocycles. The second-order valence-electron chi connectivity index (χ2n) is 9.98. The van der Waals surface area contributed by atoms with Crippen molar-refractivity contribution >= 4 is 22.7 Å². The van der Waals surface area contributed by atoms with Gasteiger partial charge in [-0.15, -0.1) is 0 Å². The molecule has 5 heterocycles. The van der Waals surface area contributed by atoms with Gasteiger partial charge in [-0.05, 0) is 47.0 Å².